The van der Waals surface area contributed by atoms with Crippen LogP contribution in [0.1, 0.15) is 25.5 Å². The Bertz CT molecular complexity index is 732. The van der Waals surface area contributed by atoms with Gasteiger partial charge in [0.05, 0.1) is 6.54 Å². The standard InChI is InChI=1S/C20H24FN3O2/c1-14(2)22-18(25)13-24(3)19(15-7-5-4-6-8-15)20(26)23-17-11-9-16(21)10-12-17/h4-12,14,19H,13H2,1-3H3,(H,22,25)(H,23,26)/t19-/m1/s1. The average molecular weight is 357 g/mol. The smallest absolute Gasteiger partial charge is 0.246 e. The molecule has 138 valence electrons. The Labute approximate surface area is 153 Å². The summed E-state index contributed by atoms with van der Waals surface area (Å²) in [6.45, 7) is 3.84. The van der Waals surface area contributed by atoms with Crippen molar-refractivity contribution < 1.29 is 14.0 Å². The monoisotopic (exact) mass is 357 g/mol. The Morgan fingerprint density at radius 3 is 2.23 bits per heavy atom. The molecule has 1 atom stereocenters. The number of benzene rings is 2. The first kappa shape index (κ1) is 19.6. The summed E-state index contributed by atoms with van der Waals surface area (Å²) in [5.74, 6) is -0.814. The van der Waals surface area contributed by atoms with Crippen LogP contribution in [0.2, 0.25) is 0 Å². The van der Waals surface area contributed by atoms with E-state index in [9.17, 15) is 14.0 Å². The maximum Gasteiger partial charge on any atom is 0.246 e. The van der Waals surface area contributed by atoms with Crippen LogP contribution < -0.4 is 10.6 Å². The van der Waals surface area contributed by atoms with Crippen LogP contribution in [-0.2, 0) is 9.59 Å². The van der Waals surface area contributed by atoms with Crippen LogP contribution in [0, 0.1) is 5.82 Å². The molecule has 2 aromatic rings. The molecule has 0 spiro atoms. The molecule has 0 aromatic heterocycles. The highest BCUT2D eigenvalue weighted by Crippen LogP contribution is 2.21. The number of likely N-dealkylation sites (N-methyl/N-ethyl adjacent to an activating group) is 1. The number of anilines is 1. The van der Waals surface area contributed by atoms with Crippen molar-refractivity contribution in [2.75, 3.05) is 18.9 Å². The van der Waals surface area contributed by atoms with E-state index in [1.54, 1.807) is 11.9 Å². The SMILES string of the molecule is CC(C)NC(=O)CN(C)[C@@H](C(=O)Nc1ccc(F)cc1)c1ccccc1. The Hall–Kier alpha value is -2.73. The summed E-state index contributed by atoms with van der Waals surface area (Å²) in [5.41, 5.74) is 1.27. The minimum Gasteiger partial charge on any atom is -0.353 e. The molecule has 0 aliphatic carbocycles. The van der Waals surface area contributed by atoms with Gasteiger partial charge in [-0.05, 0) is 50.7 Å². The van der Waals surface area contributed by atoms with E-state index in [4.69, 9.17) is 0 Å². The normalized spacial score (nSPS) is 12.1. The second kappa shape index (κ2) is 9.10. The van der Waals surface area contributed by atoms with Crippen molar-refractivity contribution in [1.29, 1.82) is 0 Å². The molecule has 5 nitrogen and oxygen atoms in total. The number of carbonyl (C=O) groups excluding carboxylic acids is 2. The molecule has 26 heavy (non-hydrogen) atoms. The molecule has 2 rings (SSSR count). The summed E-state index contributed by atoms with van der Waals surface area (Å²) in [7, 11) is 1.72. The summed E-state index contributed by atoms with van der Waals surface area (Å²) in [5, 5.41) is 5.60. The molecule has 0 heterocycles. The predicted molar refractivity (Wildman–Crippen MR) is 100 cm³/mol. The van der Waals surface area contributed by atoms with E-state index in [1.165, 1.54) is 24.3 Å². The molecule has 0 radical (unpaired) electrons. The molecule has 6 heteroatoms. The van der Waals surface area contributed by atoms with Crippen molar-refractivity contribution >= 4 is 17.5 Å². The van der Waals surface area contributed by atoms with Gasteiger partial charge in [0.25, 0.3) is 0 Å². The number of halogens is 1. The predicted octanol–water partition coefficient (Wildman–Crippen LogP) is 2.96. The maximum atomic E-state index is 13.1. The molecule has 0 aliphatic heterocycles. The van der Waals surface area contributed by atoms with Gasteiger partial charge in [-0.3, -0.25) is 14.5 Å². The fourth-order valence-electron chi connectivity index (χ4n) is 2.67. The Kier molecular flexibility index (Phi) is 6.86. The fourth-order valence-corrected chi connectivity index (χ4v) is 2.67. The number of hydrogen-bond donors (Lipinski definition) is 2. The van der Waals surface area contributed by atoms with Gasteiger partial charge >= 0.3 is 0 Å². The van der Waals surface area contributed by atoms with Gasteiger partial charge in [0.1, 0.15) is 11.9 Å². The first-order valence-electron chi connectivity index (χ1n) is 8.48. The molecule has 2 aromatic carbocycles. The fraction of sp³-hybridized carbons (Fsp3) is 0.300. The van der Waals surface area contributed by atoms with Crippen LogP contribution in [-0.4, -0.2) is 36.3 Å². The first-order valence-corrected chi connectivity index (χ1v) is 8.48. The zero-order chi connectivity index (χ0) is 19.1. The van der Waals surface area contributed by atoms with Crippen molar-refractivity contribution in [2.24, 2.45) is 0 Å². The molecule has 0 aliphatic rings. The summed E-state index contributed by atoms with van der Waals surface area (Å²) >= 11 is 0. The van der Waals surface area contributed by atoms with Gasteiger partial charge in [-0.15, -0.1) is 0 Å². The highest BCUT2D eigenvalue weighted by atomic mass is 19.1. The number of hydrogen-bond acceptors (Lipinski definition) is 3. The second-order valence-electron chi connectivity index (χ2n) is 6.45. The minimum absolute atomic E-state index is 0.0270. The number of nitrogens with one attached hydrogen (secondary N) is 2. The van der Waals surface area contributed by atoms with Crippen molar-refractivity contribution in [3.63, 3.8) is 0 Å². The third-order valence-electron chi connectivity index (χ3n) is 3.76. The van der Waals surface area contributed by atoms with Crippen molar-refractivity contribution in [3.05, 3.63) is 66.0 Å². The zero-order valence-electron chi connectivity index (χ0n) is 15.2. The van der Waals surface area contributed by atoms with Gasteiger partial charge in [-0.2, -0.15) is 0 Å². The molecule has 2 amide bonds. The lowest BCUT2D eigenvalue weighted by Crippen LogP contribution is -2.43. The first-order chi connectivity index (χ1) is 12.4. The molecule has 0 bridgehead atoms. The Balaban J connectivity index is 2.19. The van der Waals surface area contributed by atoms with Gasteiger partial charge in [0.2, 0.25) is 11.8 Å². The van der Waals surface area contributed by atoms with E-state index in [-0.39, 0.29) is 30.2 Å². The quantitative estimate of drug-likeness (QED) is 0.801. The minimum atomic E-state index is -0.654. The third kappa shape index (κ3) is 5.67. The molecular weight excluding hydrogens is 333 g/mol. The van der Waals surface area contributed by atoms with Gasteiger partial charge in [0, 0.05) is 11.7 Å². The topological polar surface area (TPSA) is 61.4 Å². The van der Waals surface area contributed by atoms with E-state index < -0.39 is 6.04 Å². The molecular formula is C20H24FN3O2. The number of carbonyl (C=O) groups is 2. The molecule has 2 N–H and O–H groups in total. The summed E-state index contributed by atoms with van der Waals surface area (Å²) in [6, 6.07) is 14.2. The van der Waals surface area contributed by atoms with Gasteiger partial charge in [0.15, 0.2) is 0 Å². The van der Waals surface area contributed by atoms with Crippen LogP contribution in [0.4, 0.5) is 10.1 Å². The van der Waals surface area contributed by atoms with E-state index in [2.05, 4.69) is 10.6 Å². The lowest BCUT2D eigenvalue weighted by Gasteiger charge is -2.27. The van der Waals surface area contributed by atoms with Crippen LogP contribution in [0.25, 0.3) is 0 Å². The summed E-state index contributed by atoms with van der Waals surface area (Å²) in [4.78, 5) is 26.6. The number of rotatable bonds is 7. The zero-order valence-corrected chi connectivity index (χ0v) is 15.2. The third-order valence-corrected chi connectivity index (χ3v) is 3.76. The highest BCUT2D eigenvalue weighted by Gasteiger charge is 2.26. The lowest BCUT2D eigenvalue weighted by atomic mass is 10.0. The van der Waals surface area contributed by atoms with Crippen LogP contribution in [0.5, 0.6) is 0 Å². The number of nitrogens with zero attached hydrogens (tertiary/aromatic N) is 1. The van der Waals surface area contributed by atoms with E-state index in [0.717, 1.165) is 5.56 Å². The Morgan fingerprint density at radius 2 is 1.65 bits per heavy atom. The van der Waals surface area contributed by atoms with Gasteiger partial charge in [-0.1, -0.05) is 30.3 Å². The van der Waals surface area contributed by atoms with Crippen LogP contribution >= 0.6 is 0 Å². The van der Waals surface area contributed by atoms with Gasteiger partial charge in [-0.25, -0.2) is 4.39 Å². The van der Waals surface area contributed by atoms with E-state index >= 15 is 0 Å². The highest BCUT2D eigenvalue weighted by molar-refractivity contribution is 5.95. The van der Waals surface area contributed by atoms with E-state index in [0.29, 0.717) is 5.69 Å². The summed E-state index contributed by atoms with van der Waals surface area (Å²) in [6.07, 6.45) is 0. The second-order valence-corrected chi connectivity index (χ2v) is 6.45. The Morgan fingerprint density at radius 1 is 1.04 bits per heavy atom. The summed E-state index contributed by atoms with van der Waals surface area (Å²) < 4.78 is 13.1. The molecule has 0 saturated carbocycles. The number of amides is 2. The van der Waals surface area contributed by atoms with Crippen molar-refractivity contribution in [2.45, 2.75) is 25.9 Å². The largest absolute Gasteiger partial charge is 0.353 e. The van der Waals surface area contributed by atoms with Crippen LogP contribution in [0.15, 0.2) is 54.6 Å². The molecule has 0 fully saturated rings. The lowest BCUT2D eigenvalue weighted by molar-refractivity contribution is -0.125. The van der Waals surface area contributed by atoms with Gasteiger partial charge < -0.3 is 10.6 Å². The maximum absolute atomic E-state index is 13.1. The molecule has 0 saturated heterocycles. The van der Waals surface area contributed by atoms with E-state index in [1.807, 2.05) is 44.2 Å². The van der Waals surface area contributed by atoms with Crippen molar-refractivity contribution in [1.82, 2.24) is 10.2 Å². The molecule has 0 unspecified atom stereocenters. The van der Waals surface area contributed by atoms with Crippen molar-refractivity contribution in [3.8, 4) is 0 Å². The van der Waals surface area contributed by atoms with Crippen LogP contribution in [0.3, 0.4) is 0 Å². The average Bonchev–Trinajstić information content (AvgIpc) is 2.57.